The molecule has 0 aliphatic heterocycles. The molecular weight excluding hydrogens is 494 g/mol. The summed E-state index contributed by atoms with van der Waals surface area (Å²) in [5.74, 6) is 0.296. The Bertz CT molecular complexity index is 2190. The third-order valence-corrected chi connectivity index (χ3v) is 8.99. The Labute approximate surface area is 229 Å². The van der Waals surface area contributed by atoms with Crippen molar-refractivity contribution in [2.45, 2.75) is 0 Å². The lowest BCUT2D eigenvalue weighted by Gasteiger charge is -2.10. The predicted molar refractivity (Wildman–Crippen MR) is 166 cm³/mol. The van der Waals surface area contributed by atoms with Crippen LogP contribution in [0.25, 0.3) is 69.9 Å². The first-order chi connectivity index (χ1) is 19.3. The molecule has 0 atom stereocenters. The van der Waals surface area contributed by atoms with Gasteiger partial charge in [-0.1, -0.05) is 103 Å². The van der Waals surface area contributed by atoms with Crippen molar-refractivity contribution in [1.29, 1.82) is 0 Å². The van der Waals surface area contributed by atoms with Gasteiger partial charge in [-0.15, -0.1) is 11.3 Å². The summed E-state index contributed by atoms with van der Waals surface area (Å²) < 4.78 is 5.00. The fourth-order valence-corrected chi connectivity index (χ4v) is 7.28. The lowest BCUT2D eigenvalue weighted by molar-refractivity contribution is 0.477. The highest BCUT2D eigenvalue weighted by Gasteiger charge is 2.18. The Hall–Kier alpha value is -4.86. The van der Waals surface area contributed by atoms with Crippen LogP contribution in [0.2, 0.25) is 0 Å². The van der Waals surface area contributed by atoms with Gasteiger partial charge in [0.15, 0.2) is 0 Å². The minimum atomic E-state index is 0.296. The van der Waals surface area contributed by atoms with Crippen molar-refractivity contribution in [3.8, 4) is 33.7 Å². The van der Waals surface area contributed by atoms with Crippen LogP contribution in [0.5, 0.6) is 5.75 Å². The van der Waals surface area contributed by atoms with E-state index in [1.165, 1.54) is 53.3 Å². The molecule has 0 saturated heterocycles. The molecule has 2 nitrogen and oxygen atoms in total. The molecule has 3 heteroatoms. The van der Waals surface area contributed by atoms with E-state index in [-0.39, 0.29) is 0 Å². The third kappa shape index (κ3) is 3.34. The zero-order valence-corrected chi connectivity index (χ0v) is 21.8. The number of fused-ring (bicyclic) bond motifs is 6. The van der Waals surface area contributed by atoms with Crippen LogP contribution in [0.4, 0.5) is 0 Å². The first kappa shape index (κ1) is 22.2. The molecule has 0 amide bonds. The largest absolute Gasteiger partial charge is 0.507 e. The molecule has 2 heterocycles. The third-order valence-electron chi connectivity index (χ3n) is 7.72. The molecule has 0 unspecified atom stereocenters. The lowest BCUT2D eigenvalue weighted by Crippen LogP contribution is -1.93. The number of rotatable bonds is 3. The molecule has 184 valence electrons. The lowest BCUT2D eigenvalue weighted by atomic mass is 10.0. The molecule has 0 aliphatic rings. The summed E-state index contributed by atoms with van der Waals surface area (Å²) in [6, 6.07) is 46.6. The average Bonchev–Trinajstić information content (AvgIpc) is 3.53. The van der Waals surface area contributed by atoms with E-state index in [0.29, 0.717) is 5.75 Å². The topological polar surface area (TPSA) is 25.2 Å². The van der Waals surface area contributed by atoms with Crippen LogP contribution >= 0.6 is 11.3 Å². The molecule has 1 N–H and O–H groups in total. The Kier molecular flexibility index (Phi) is 4.88. The second kappa shape index (κ2) is 8.59. The first-order valence-corrected chi connectivity index (χ1v) is 13.9. The van der Waals surface area contributed by atoms with Gasteiger partial charge in [0.05, 0.1) is 21.4 Å². The number of aromatic hydroxyl groups is 1. The monoisotopic (exact) mass is 517 g/mol. The Balaban J connectivity index is 1.43. The molecule has 0 aliphatic carbocycles. The molecule has 0 fully saturated rings. The van der Waals surface area contributed by atoms with E-state index in [0.717, 1.165) is 16.6 Å². The molecule has 2 aromatic heterocycles. The molecule has 0 bridgehead atoms. The molecule has 8 aromatic rings. The van der Waals surface area contributed by atoms with Crippen molar-refractivity contribution in [1.82, 2.24) is 4.57 Å². The second-order valence-corrected chi connectivity index (χ2v) is 10.9. The molecule has 39 heavy (non-hydrogen) atoms. The van der Waals surface area contributed by atoms with Gasteiger partial charge < -0.3 is 9.67 Å². The van der Waals surface area contributed by atoms with E-state index >= 15 is 0 Å². The highest BCUT2D eigenvalue weighted by Crippen LogP contribution is 2.44. The zero-order chi connectivity index (χ0) is 25.9. The summed E-state index contributed by atoms with van der Waals surface area (Å²) in [6.45, 7) is 0. The van der Waals surface area contributed by atoms with Crippen molar-refractivity contribution >= 4 is 53.3 Å². The molecular formula is C36H23NOS. The summed E-state index contributed by atoms with van der Waals surface area (Å²) in [6.07, 6.45) is 0. The maximum Gasteiger partial charge on any atom is 0.123 e. The fourth-order valence-electron chi connectivity index (χ4n) is 5.94. The van der Waals surface area contributed by atoms with Crippen LogP contribution < -0.4 is 0 Å². The number of phenols is 1. The zero-order valence-electron chi connectivity index (χ0n) is 21.0. The molecule has 6 aromatic carbocycles. The molecule has 0 radical (unpaired) electrons. The molecule has 0 saturated carbocycles. The minimum Gasteiger partial charge on any atom is -0.507 e. The molecule has 0 spiro atoms. The fraction of sp³-hybridized carbons (Fsp3) is 0. The van der Waals surface area contributed by atoms with Crippen LogP contribution in [0.15, 0.2) is 133 Å². The van der Waals surface area contributed by atoms with E-state index in [9.17, 15) is 5.11 Å². The normalized spacial score (nSPS) is 11.7. The minimum absolute atomic E-state index is 0.296. The Morgan fingerprint density at radius 2 is 1.13 bits per heavy atom. The summed E-state index contributed by atoms with van der Waals surface area (Å²) in [5.41, 5.74) is 7.89. The van der Waals surface area contributed by atoms with Gasteiger partial charge in [-0.25, -0.2) is 0 Å². The van der Waals surface area contributed by atoms with E-state index in [2.05, 4.69) is 114 Å². The Morgan fingerprint density at radius 3 is 2.00 bits per heavy atom. The van der Waals surface area contributed by atoms with Crippen molar-refractivity contribution < 1.29 is 5.11 Å². The highest BCUT2D eigenvalue weighted by atomic mass is 32.1. The van der Waals surface area contributed by atoms with E-state index in [1.807, 2.05) is 29.5 Å². The van der Waals surface area contributed by atoms with Crippen molar-refractivity contribution in [2.24, 2.45) is 0 Å². The van der Waals surface area contributed by atoms with Gasteiger partial charge in [-0.3, -0.25) is 0 Å². The van der Waals surface area contributed by atoms with Crippen molar-refractivity contribution in [3.63, 3.8) is 0 Å². The molecule has 8 rings (SSSR count). The van der Waals surface area contributed by atoms with Gasteiger partial charge >= 0.3 is 0 Å². The SMILES string of the molecule is Oc1ccccc1-c1ccc2c(c1)c1ccccc1n2-c1cccc2c1sc1c(-c3ccccc3)cccc12. The standard InChI is InChI=1S/C36H23NOS/c38-34-19-7-5-12-25(34)24-20-21-32-30(22-24)27-13-4-6-17-31(27)37(32)33-18-9-16-29-28-15-8-14-26(35(28)39-36(29)33)23-10-2-1-3-11-23/h1-22,38H. The van der Waals surface area contributed by atoms with Crippen LogP contribution in [0.3, 0.4) is 0 Å². The Morgan fingerprint density at radius 1 is 0.462 bits per heavy atom. The van der Waals surface area contributed by atoms with Gasteiger partial charge in [-0.05, 0) is 47.0 Å². The number of nitrogens with zero attached hydrogens (tertiary/aromatic N) is 1. The van der Waals surface area contributed by atoms with Crippen LogP contribution in [-0.2, 0) is 0 Å². The number of benzene rings is 6. The maximum atomic E-state index is 10.5. The van der Waals surface area contributed by atoms with E-state index in [4.69, 9.17) is 0 Å². The quantitative estimate of drug-likeness (QED) is 0.248. The van der Waals surface area contributed by atoms with E-state index in [1.54, 1.807) is 6.07 Å². The van der Waals surface area contributed by atoms with Crippen LogP contribution in [0.1, 0.15) is 0 Å². The van der Waals surface area contributed by atoms with Crippen molar-refractivity contribution in [2.75, 3.05) is 0 Å². The number of phenolic OH excluding ortho intramolecular Hbond substituents is 1. The number of aromatic nitrogens is 1. The predicted octanol–water partition coefficient (Wildman–Crippen LogP) is 10.2. The number of hydrogen-bond acceptors (Lipinski definition) is 2. The number of para-hydroxylation sites is 2. The van der Waals surface area contributed by atoms with Gasteiger partial charge in [-0.2, -0.15) is 0 Å². The maximum absolute atomic E-state index is 10.5. The van der Waals surface area contributed by atoms with Gasteiger partial charge in [0.1, 0.15) is 5.75 Å². The first-order valence-electron chi connectivity index (χ1n) is 13.1. The van der Waals surface area contributed by atoms with E-state index < -0.39 is 0 Å². The summed E-state index contributed by atoms with van der Waals surface area (Å²) in [7, 11) is 0. The van der Waals surface area contributed by atoms with Crippen LogP contribution in [0, 0.1) is 0 Å². The number of hydrogen-bond donors (Lipinski definition) is 1. The summed E-state index contributed by atoms with van der Waals surface area (Å²) in [5, 5.41) is 15.5. The van der Waals surface area contributed by atoms with Gasteiger partial charge in [0.2, 0.25) is 0 Å². The van der Waals surface area contributed by atoms with Crippen LogP contribution in [-0.4, -0.2) is 9.67 Å². The van der Waals surface area contributed by atoms with Crippen molar-refractivity contribution in [3.05, 3.63) is 133 Å². The highest BCUT2D eigenvalue weighted by molar-refractivity contribution is 7.26. The summed E-state index contributed by atoms with van der Waals surface area (Å²) in [4.78, 5) is 0. The van der Waals surface area contributed by atoms with Gasteiger partial charge in [0, 0.05) is 31.8 Å². The average molecular weight is 518 g/mol. The van der Waals surface area contributed by atoms with Gasteiger partial charge in [0.25, 0.3) is 0 Å². The smallest absolute Gasteiger partial charge is 0.123 e. The second-order valence-electron chi connectivity index (χ2n) is 9.91. The number of thiophene rings is 1. The summed E-state index contributed by atoms with van der Waals surface area (Å²) >= 11 is 1.87.